The number of thioether (sulfide) groups is 1. The van der Waals surface area contributed by atoms with Crippen LogP contribution in [0.5, 0.6) is 0 Å². The van der Waals surface area contributed by atoms with Gasteiger partial charge in [-0.2, -0.15) is 0 Å². The van der Waals surface area contributed by atoms with Crippen LogP contribution in [0.15, 0.2) is 73.8 Å². The van der Waals surface area contributed by atoms with Crippen molar-refractivity contribution in [2.24, 2.45) is 11.8 Å². The fourth-order valence-electron chi connectivity index (χ4n) is 7.28. The molecule has 2 aromatic rings. The van der Waals surface area contributed by atoms with Crippen LogP contribution in [0.25, 0.3) is 0 Å². The fourth-order valence-corrected chi connectivity index (χ4v) is 11.2. The van der Waals surface area contributed by atoms with Crippen molar-refractivity contribution in [3.05, 3.63) is 84.4 Å². The van der Waals surface area contributed by atoms with E-state index in [0.717, 1.165) is 17.7 Å². The van der Waals surface area contributed by atoms with Gasteiger partial charge in [0.25, 0.3) is 5.91 Å². The average Bonchev–Trinajstić information content (AvgIpc) is 3.60. The maximum atomic E-state index is 14.9. The fraction of sp³-hybridized carbons (Fsp3) is 0.441. The van der Waals surface area contributed by atoms with Crippen LogP contribution in [0.1, 0.15) is 31.2 Å². The molecule has 0 aliphatic carbocycles. The van der Waals surface area contributed by atoms with Crippen molar-refractivity contribution in [2.75, 3.05) is 36.0 Å². The maximum absolute atomic E-state index is 14.9. The number of unbranched alkanes of at least 4 members (excludes halogenated alkanes) is 2. The molecule has 3 amide bonds. The third kappa shape index (κ3) is 5.65. The zero-order valence-electron chi connectivity index (χ0n) is 24.9. The summed E-state index contributed by atoms with van der Waals surface area (Å²) >= 11 is 12.2. The molecule has 1 N–H and O–H groups in total. The van der Waals surface area contributed by atoms with Crippen molar-refractivity contribution in [1.29, 1.82) is 0 Å². The summed E-state index contributed by atoms with van der Waals surface area (Å²) in [7, 11) is 0. The minimum Gasteiger partial charge on any atom is -0.396 e. The second-order valence-corrected chi connectivity index (χ2v) is 14.8. The first-order chi connectivity index (χ1) is 21.2. The zero-order chi connectivity index (χ0) is 31.6. The van der Waals surface area contributed by atoms with Gasteiger partial charge in [-0.05, 0) is 56.4 Å². The predicted molar refractivity (Wildman–Crippen MR) is 183 cm³/mol. The van der Waals surface area contributed by atoms with Crippen LogP contribution in [0.2, 0.25) is 5.02 Å². The molecular weight excluding hydrogens is 662 g/mol. The number of benzene rings is 2. The molecule has 44 heavy (non-hydrogen) atoms. The van der Waals surface area contributed by atoms with Crippen LogP contribution in [0, 0.1) is 18.8 Å². The van der Waals surface area contributed by atoms with Gasteiger partial charge in [-0.1, -0.05) is 70.0 Å². The van der Waals surface area contributed by atoms with Gasteiger partial charge in [0.15, 0.2) is 0 Å². The molecule has 5 rings (SSSR count). The van der Waals surface area contributed by atoms with E-state index in [1.54, 1.807) is 44.7 Å². The number of carbonyl (C=O) groups excluding carboxylic acids is 3. The number of fused-ring (bicyclic) bond motifs is 1. The van der Waals surface area contributed by atoms with E-state index in [2.05, 4.69) is 29.1 Å². The molecule has 2 aromatic carbocycles. The number of amides is 3. The summed E-state index contributed by atoms with van der Waals surface area (Å²) < 4.78 is -0.796. The molecule has 3 saturated heterocycles. The lowest BCUT2D eigenvalue weighted by atomic mass is 9.70. The Labute approximate surface area is 277 Å². The minimum absolute atomic E-state index is 0.0496. The van der Waals surface area contributed by atoms with E-state index in [4.69, 9.17) is 11.6 Å². The highest BCUT2D eigenvalue weighted by molar-refractivity contribution is 9.09. The van der Waals surface area contributed by atoms with Gasteiger partial charge in [0, 0.05) is 42.0 Å². The molecule has 234 valence electrons. The SMILES string of the molecule is C=CCN(C(=O)[C@H]1[C@H]2C(=O)N(CCCCCO)C(C(=O)N(CC=C)c3c(C)cccc3Cl)C23CC(Br)[C@@H]1S3)c1ccccc1. The highest BCUT2D eigenvalue weighted by Gasteiger charge is 2.76. The van der Waals surface area contributed by atoms with Crippen molar-refractivity contribution in [3.8, 4) is 0 Å². The van der Waals surface area contributed by atoms with E-state index in [-0.39, 0.29) is 41.0 Å². The van der Waals surface area contributed by atoms with E-state index in [0.29, 0.717) is 43.1 Å². The Morgan fingerprint density at radius 1 is 1.07 bits per heavy atom. The molecule has 3 fully saturated rings. The van der Waals surface area contributed by atoms with E-state index < -0.39 is 22.6 Å². The number of hydrogen-bond donors (Lipinski definition) is 1. The molecule has 7 nitrogen and oxygen atoms in total. The summed E-state index contributed by atoms with van der Waals surface area (Å²) in [5, 5.41) is 9.65. The van der Waals surface area contributed by atoms with Crippen LogP contribution in [0.3, 0.4) is 0 Å². The molecule has 0 radical (unpaired) electrons. The number of para-hydroxylation sites is 2. The molecule has 6 atom stereocenters. The quantitative estimate of drug-likeness (QED) is 0.157. The molecule has 3 aliphatic heterocycles. The lowest BCUT2D eigenvalue weighted by Gasteiger charge is -2.39. The summed E-state index contributed by atoms with van der Waals surface area (Å²) in [6.07, 6.45) is 5.93. The number of anilines is 2. The Kier molecular flexibility index (Phi) is 10.3. The Morgan fingerprint density at radius 2 is 1.77 bits per heavy atom. The van der Waals surface area contributed by atoms with E-state index in [1.165, 1.54) is 0 Å². The number of halogens is 2. The number of rotatable bonds is 13. The Hall–Kier alpha value is -2.59. The van der Waals surface area contributed by atoms with Crippen LogP contribution in [-0.2, 0) is 14.4 Å². The molecule has 3 unspecified atom stereocenters. The molecular formula is C34H39BrClN3O4S. The molecule has 3 heterocycles. The molecule has 3 aliphatic rings. The van der Waals surface area contributed by atoms with Crippen LogP contribution in [-0.4, -0.2) is 74.8 Å². The van der Waals surface area contributed by atoms with E-state index >= 15 is 0 Å². The number of aryl methyl sites for hydroxylation is 1. The van der Waals surface area contributed by atoms with Crippen molar-refractivity contribution >= 4 is 68.4 Å². The number of likely N-dealkylation sites (tertiary alicyclic amines) is 1. The Morgan fingerprint density at radius 3 is 2.43 bits per heavy atom. The third-order valence-electron chi connectivity index (χ3n) is 9.05. The van der Waals surface area contributed by atoms with Gasteiger partial charge in [0.05, 0.1) is 27.3 Å². The monoisotopic (exact) mass is 699 g/mol. The normalized spacial score (nSPS) is 26.9. The Bertz CT molecular complexity index is 1410. The van der Waals surface area contributed by atoms with Crippen LogP contribution in [0.4, 0.5) is 11.4 Å². The zero-order valence-corrected chi connectivity index (χ0v) is 28.1. The number of hydrogen-bond acceptors (Lipinski definition) is 5. The lowest BCUT2D eigenvalue weighted by Crippen LogP contribution is -2.56. The largest absolute Gasteiger partial charge is 0.396 e. The van der Waals surface area contributed by atoms with Gasteiger partial charge in [0.2, 0.25) is 11.8 Å². The molecule has 1 spiro atoms. The number of aliphatic hydroxyl groups excluding tert-OH is 1. The van der Waals surface area contributed by atoms with Crippen molar-refractivity contribution in [1.82, 2.24) is 4.90 Å². The Balaban J connectivity index is 1.59. The van der Waals surface area contributed by atoms with Gasteiger partial charge in [-0.15, -0.1) is 24.9 Å². The number of nitrogens with zero attached hydrogens (tertiary/aromatic N) is 3. The first-order valence-corrected chi connectivity index (χ1v) is 17.3. The van der Waals surface area contributed by atoms with Crippen LogP contribution < -0.4 is 9.80 Å². The highest BCUT2D eigenvalue weighted by atomic mass is 79.9. The molecule has 0 saturated carbocycles. The van der Waals surface area contributed by atoms with Gasteiger partial charge < -0.3 is 19.8 Å². The van der Waals surface area contributed by atoms with Gasteiger partial charge >= 0.3 is 0 Å². The van der Waals surface area contributed by atoms with Crippen molar-refractivity contribution < 1.29 is 19.5 Å². The smallest absolute Gasteiger partial charge is 0.251 e. The number of carbonyl (C=O) groups is 3. The average molecular weight is 701 g/mol. The lowest BCUT2D eigenvalue weighted by molar-refractivity contribution is -0.139. The third-order valence-corrected chi connectivity index (χ3v) is 12.6. The predicted octanol–water partition coefficient (Wildman–Crippen LogP) is 6.01. The highest BCUT2D eigenvalue weighted by Crippen LogP contribution is 2.68. The summed E-state index contributed by atoms with van der Waals surface area (Å²) in [6, 6.07) is 14.2. The number of aliphatic hydroxyl groups is 1. The standard InChI is InChI=1S/C34H39BrClN3O4S/c1-4-17-37(23-14-8-6-9-15-23)31(41)26-27-32(42)39(19-10-7-11-20-40)30(34(27)21-24(35)29(26)44-34)33(43)38(18-5-2)28-22(3)13-12-16-25(28)36/h4-6,8-9,12-16,24,26-27,29-30,40H,1-2,7,10-11,17-21H2,3H3/t24?,26-,27-,29-,30?,34?/m0/s1. The van der Waals surface area contributed by atoms with Gasteiger partial charge in [-0.25, -0.2) is 0 Å². The summed E-state index contributed by atoms with van der Waals surface area (Å²) in [5.41, 5.74) is 2.20. The maximum Gasteiger partial charge on any atom is 0.251 e. The van der Waals surface area contributed by atoms with Crippen molar-refractivity contribution in [2.45, 2.75) is 53.5 Å². The first-order valence-electron chi connectivity index (χ1n) is 15.1. The van der Waals surface area contributed by atoms with Gasteiger partial charge in [-0.3, -0.25) is 14.4 Å². The molecule has 2 bridgehead atoms. The van der Waals surface area contributed by atoms with E-state index in [1.807, 2.05) is 49.4 Å². The van der Waals surface area contributed by atoms with Crippen molar-refractivity contribution in [3.63, 3.8) is 0 Å². The summed E-state index contributed by atoms with van der Waals surface area (Å²) in [6.45, 7) is 10.7. The van der Waals surface area contributed by atoms with Gasteiger partial charge in [0.1, 0.15) is 6.04 Å². The summed E-state index contributed by atoms with van der Waals surface area (Å²) in [5.74, 6) is -1.76. The first kappa shape index (κ1) is 32.8. The molecule has 0 aromatic heterocycles. The molecule has 10 heteroatoms. The summed E-state index contributed by atoms with van der Waals surface area (Å²) in [4.78, 5) is 49.0. The minimum atomic E-state index is -0.796. The van der Waals surface area contributed by atoms with E-state index in [9.17, 15) is 19.5 Å². The number of alkyl halides is 1. The second kappa shape index (κ2) is 13.8. The second-order valence-electron chi connectivity index (χ2n) is 11.7. The topological polar surface area (TPSA) is 81.2 Å². The van der Waals surface area contributed by atoms with Crippen LogP contribution >= 0.6 is 39.3 Å².